The van der Waals surface area contributed by atoms with Crippen LogP contribution in [0.5, 0.6) is 5.75 Å². The zero-order valence-corrected chi connectivity index (χ0v) is 21.3. The van der Waals surface area contributed by atoms with Crippen LogP contribution >= 0.6 is 0 Å². The molecular weight excluding hydrogens is 467 g/mol. The maximum Gasteiger partial charge on any atom is 0.547 e. The largest absolute Gasteiger partial charge is 0.547 e. The normalized spacial score (nSPS) is 21.5. The maximum atomic E-state index is 12.7. The first-order valence-electron chi connectivity index (χ1n) is 12.3. The Labute approximate surface area is 211 Å². The lowest BCUT2D eigenvalue weighted by Gasteiger charge is -2.31. The van der Waals surface area contributed by atoms with Gasteiger partial charge in [0.1, 0.15) is 11.3 Å². The summed E-state index contributed by atoms with van der Waals surface area (Å²) in [5.74, 6) is -1.74. The smallest absolute Gasteiger partial charge is 0.534 e. The SMILES string of the molecule is CC(=O)NC1CCC(CC(=O)N[C@H]2Cc3cccc(C(=O)OCOC(=O)C(C)(C)C)c3OB2O)CC1. The first kappa shape index (κ1) is 27.5. The molecule has 0 unspecified atom stereocenters. The second-order valence-electron chi connectivity index (χ2n) is 10.5. The Morgan fingerprint density at radius 1 is 1.08 bits per heavy atom. The Morgan fingerprint density at radius 3 is 2.42 bits per heavy atom. The van der Waals surface area contributed by atoms with Crippen LogP contribution in [-0.4, -0.2) is 54.7 Å². The fraction of sp³-hybridized carbons (Fsp3) is 0.600. The molecule has 36 heavy (non-hydrogen) atoms. The van der Waals surface area contributed by atoms with Gasteiger partial charge in [-0.25, -0.2) is 4.79 Å². The van der Waals surface area contributed by atoms with Gasteiger partial charge in [0.05, 0.1) is 11.4 Å². The van der Waals surface area contributed by atoms with Gasteiger partial charge in [-0.2, -0.15) is 0 Å². The number of fused-ring (bicyclic) bond motifs is 1. The predicted octanol–water partition coefficient (Wildman–Crippen LogP) is 1.91. The van der Waals surface area contributed by atoms with Crippen molar-refractivity contribution in [3.8, 4) is 5.75 Å². The summed E-state index contributed by atoms with van der Waals surface area (Å²) in [4.78, 5) is 48.3. The molecule has 0 aromatic heterocycles. The van der Waals surface area contributed by atoms with Crippen molar-refractivity contribution >= 4 is 30.9 Å². The lowest BCUT2D eigenvalue weighted by molar-refractivity contribution is -0.161. The van der Waals surface area contributed by atoms with E-state index in [1.54, 1.807) is 32.9 Å². The number of amides is 2. The third-order valence-corrected chi connectivity index (χ3v) is 6.41. The van der Waals surface area contributed by atoms with Gasteiger partial charge in [-0.15, -0.1) is 0 Å². The monoisotopic (exact) mass is 502 g/mol. The number of para-hydroxylation sites is 1. The number of hydrogen-bond donors (Lipinski definition) is 3. The van der Waals surface area contributed by atoms with Crippen molar-refractivity contribution in [3.63, 3.8) is 0 Å². The topological polar surface area (TPSA) is 140 Å². The third kappa shape index (κ3) is 7.46. The van der Waals surface area contributed by atoms with E-state index in [-0.39, 0.29) is 41.5 Å². The Balaban J connectivity index is 1.53. The lowest BCUT2D eigenvalue weighted by atomic mass is 9.72. The molecule has 1 fully saturated rings. The van der Waals surface area contributed by atoms with Crippen LogP contribution in [0.15, 0.2) is 18.2 Å². The van der Waals surface area contributed by atoms with E-state index in [1.165, 1.54) is 13.0 Å². The molecule has 10 nitrogen and oxygen atoms in total. The molecule has 3 rings (SSSR count). The van der Waals surface area contributed by atoms with Crippen LogP contribution in [-0.2, 0) is 30.3 Å². The van der Waals surface area contributed by atoms with Gasteiger partial charge < -0.3 is 29.8 Å². The highest BCUT2D eigenvalue weighted by atomic mass is 16.7. The molecule has 1 atom stereocenters. The van der Waals surface area contributed by atoms with Crippen LogP contribution in [0.25, 0.3) is 0 Å². The Hall–Kier alpha value is -3.08. The van der Waals surface area contributed by atoms with Crippen LogP contribution in [0.2, 0.25) is 0 Å². The number of benzene rings is 1. The molecule has 1 aromatic rings. The van der Waals surface area contributed by atoms with Crippen LogP contribution in [0, 0.1) is 11.3 Å². The van der Waals surface area contributed by atoms with Crippen LogP contribution in [0.3, 0.4) is 0 Å². The molecule has 196 valence electrons. The first-order chi connectivity index (χ1) is 16.9. The molecule has 0 spiro atoms. The molecule has 0 radical (unpaired) electrons. The van der Waals surface area contributed by atoms with Gasteiger partial charge in [-0.3, -0.25) is 14.4 Å². The average Bonchev–Trinajstić information content (AvgIpc) is 2.79. The number of esters is 2. The summed E-state index contributed by atoms with van der Waals surface area (Å²) in [7, 11) is -1.34. The molecule has 0 saturated heterocycles. The van der Waals surface area contributed by atoms with Crippen molar-refractivity contribution < 1.29 is 38.3 Å². The van der Waals surface area contributed by atoms with Crippen LogP contribution in [0.4, 0.5) is 0 Å². The average molecular weight is 502 g/mol. The molecule has 2 aliphatic rings. The summed E-state index contributed by atoms with van der Waals surface area (Å²) >= 11 is 0. The van der Waals surface area contributed by atoms with Gasteiger partial charge in [-0.05, 0) is 70.4 Å². The second-order valence-corrected chi connectivity index (χ2v) is 10.5. The fourth-order valence-corrected chi connectivity index (χ4v) is 4.47. The lowest BCUT2D eigenvalue weighted by Crippen LogP contribution is -2.53. The highest BCUT2D eigenvalue weighted by Gasteiger charge is 2.38. The Kier molecular flexibility index (Phi) is 9.00. The van der Waals surface area contributed by atoms with E-state index in [2.05, 4.69) is 10.6 Å². The van der Waals surface area contributed by atoms with Crippen molar-refractivity contribution in [2.45, 2.75) is 78.2 Å². The molecule has 1 aliphatic heterocycles. The number of carbonyl (C=O) groups is 4. The molecule has 1 saturated carbocycles. The molecule has 2 amide bonds. The number of ether oxygens (including phenoxy) is 2. The Bertz CT molecular complexity index is 985. The fourth-order valence-electron chi connectivity index (χ4n) is 4.47. The third-order valence-electron chi connectivity index (χ3n) is 6.41. The first-order valence-corrected chi connectivity index (χ1v) is 12.3. The number of hydrogen-bond acceptors (Lipinski definition) is 8. The van der Waals surface area contributed by atoms with Crippen molar-refractivity contribution in [2.24, 2.45) is 11.3 Å². The van der Waals surface area contributed by atoms with E-state index >= 15 is 0 Å². The number of carbonyl (C=O) groups excluding carboxylic acids is 4. The predicted molar refractivity (Wildman–Crippen MR) is 131 cm³/mol. The zero-order valence-electron chi connectivity index (χ0n) is 21.3. The molecule has 1 heterocycles. The minimum atomic E-state index is -1.34. The highest BCUT2D eigenvalue weighted by Crippen LogP contribution is 2.31. The van der Waals surface area contributed by atoms with E-state index in [0.717, 1.165) is 25.7 Å². The standard InChI is InChI=1S/C25H35BN2O8/c1-15(29)27-18-10-8-16(9-11-18)12-21(30)28-20-13-17-6-5-7-19(22(17)36-26(20)33)23(31)34-14-35-24(32)25(2,3)4/h5-7,16,18,20,33H,8-14H2,1-4H3,(H,27,29)(H,28,30)/t16?,18?,20-/m0/s1. The van der Waals surface area contributed by atoms with Gasteiger partial charge in [0, 0.05) is 19.4 Å². The summed E-state index contributed by atoms with van der Waals surface area (Å²) < 4.78 is 15.6. The maximum absolute atomic E-state index is 12.7. The molecule has 3 N–H and O–H groups in total. The van der Waals surface area contributed by atoms with E-state index in [1.807, 2.05) is 0 Å². The van der Waals surface area contributed by atoms with Crippen molar-refractivity contribution in [1.82, 2.24) is 10.6 Å². The van der Waals surface area contributed by atoms with Gasteiger partial charge in [-0.1, -0.05) is 12.1 Å². The van der Waals surface area contributed by atoms with Gasteiger partial charge >= 0.3 is 19.1 Å². The summed E-state index contributed by atoms with van der Waals surface area (Å²) in [6.45, 7) is 6.04. The van der Waals surface area contributed by atoms with Gasteiger partial charge in [0.15, 0.2) is 0 Å². The van der Waals surface area contributed by atoms with Crippen LogP contribution in [0.1, 0.15) is 75.7 Å². The minimum Gasteiger partial charge on any atom is -0.534 e. The van der Waals surface area contributed by atoms with E-state index in [0.29, 0.717) is 12.0 Å². The quantitative estimate of drug-likeness (QED) is 0.292. The van der Waals surface area contributed by atoms with Crippen molar-refractivity contribution in [2.75, 3.05) is 6.79 Å². The van der Waals surface area contributed by atoms with Gasteiger partial charge in [0.25, 0.3) is 0 Å². The summed E-state index contributed by atoms with van der Waals surface area (Å²) in [6, 6.07) is 5.07. The van der Waals surface area contributed by atoms with E-state index in [9.17, 15) is 24.2 Å². The summed E-state index contributed by atoms with van der Waals surface area (Å²) in [5, 5.41) is 16.3. The molecule has 0 bridgehead atoms. The molecule has 11 heteroatoms. The highest BCUT2D eigenvalue weighted by molar-refractivity contribution is 6.47. The second kappa shape index (κ2) is 11.8. The molecule has 1 aromatic carbocycles. The number of rotatable bonds is 7. The minimum absolute atomic E-state index is 0.0387. The van der Waals surface area contributed by atoms with Crippen molar-refractivity contribution in [1.29, 1.82) is 0 Å². The Morgan fingerprint density at radius 2 is 1.78 bits per heavy atom. The van der Waals surface area contributed by atoms with E-state index < -0.39 is 37.2 Å². The van der Waals surface area contributed by atoms with Gasteiger partial charge in [0.2, 0.25) is 18.6 Å². The molecular formula is C25H35BN2O8. The summed E-state index contributed by atoms with van der Waals surface area (Å²) in [5.41, 5.74) is 0.0125. The van der Waals surface area contributed by atoms with Crippen LogP contribution < -0.4 is 15.3 Å². The van der Waals surface area contributed by atoms with E-state index in [4.69, 9.17) is 14.1 Å². The van der Waals surface area contributed by atoms with Crippen molar-refractivity contribution in [3.05, 3.63) is 29.3 Å². The number of nitrogens with one attached hydrogen (secondary N) is 2. The molecule has 1 aliphatic carbocycles. The summed E-state index contributed by atoms with van der Waals surface area (Å²) in [6.07, 6.45) is 3.99. The zero-order chi connectivity index (χ0) is 26.5.